The summed E-state index contributed by atoms with van der Waals surface area (Å²) in [6.07, 6.45) is 4.52. The summed E-state index contributed by atoms with van der Waals surface area (Å²) in [5.41, 5.74) is 8.06. The lowest BCUT2D eigenvalue weighted by Gasteiger charge is -2.31. The molecule has 1 N–H and O–H groups in total. The lowest BCUT2D eigenvalue weighted by Crippen LogP contribution is -2.38. The largest absolute Gasteiger partial charge is 0.378 e. The quantitative estimate of drug-likeness (QED) is 0.202. The highest BCUT2D eigenvalue weighted by Gasteiger charge is 2.29. The van der Waals surface area contributed by atoms with Gasteiger partial charge in [0.25, 0.3) is 0 Å². The fraction of sp³-hybridized carbons (Fsp3) is 0.267. The van der Waals surface area contributed by atoms with Crippen LogP contribution in [0.1, 0.15) is 24.0 Å². The zero-order valence-electron chi connectivity index (χ0n) is 22.2. The van der Waals surface area contributed by atoms with E-state index < -0.39 is 10.0 Å². The van der Waals surface area contributed by atoms with E-state index in [1.807, 2.05) is 66.8 Å². The van der Waals surface area contributed by atoms with Gasteiger partial charge < -0.3 is 4.90 Å². The Bertz CT molecular complexity index is 1490. The van der Waals surface area contributed by atoms with Crippen LogP contribution in [0, 0.1) is 5.92 Å². The highest BCUT2D eigenvalue weighted by Crippen LogP contribution is 2.29. The van der Waals surface area contributed by atoms with Gasteiger partial charge in [0.1, 0.15) is 0 Å². The molecule has 7 nitrogen and oxygen atoms in total. The third kappa shape index (κ3) is 6.73. The molecule has 0 unspecified atom stereocenters. The number of aromatic nitrogens is 1. The third-order valence-corrected chi connectivity index (χ3v) is 9.68. The van der Waals surface area contributed by atoms with Gasteiger partial charge in [-0.3, -0.25) is 5.43 Å². The lowest BCUT2D eigenvalue weighted by atomic mass is 9.91. The topological polar surface area (TPSA) is 77.9 Å². The van der Waals surface area contributed by atoms with Crippen LogP contribution in [0.4, 0.5) is 10.8 Å². The van der Waals surface area contributed by atoms with Crippen LogP contribution in [0.25, 0.3) is 11.3 Å². The summed E-state index contributed by atoms with van der Waals surface area (Å²) in [5, 5.41) is 6.90. The maximum absolute atomic E-state index is 13.3. The van der Waals surface area contributed by atoms with E-state index in [9.17, 15) is 8.42 Å². The SMILES string of the molecule is CN(C)c1ccc(/C=N/Nc2nc(-c3ccc(S(=O)(=O)N4CCC(Cc5ccccc5)CC4)cc3)cs2)cc1. The van der Waals surface area contributed by atoms with Crippen molar-refractivity contribution in [3.63, 3.8) is 0 Å². The van der Waals surface area contributed by atoms with Gasteiger partial charge in [0, 0.05) is 43.8 Å². The van der Waals surface area contributed by atoms with Gasteiger partial charge in [0.15, 0.2) is 0 Å². The number of thiazole rings is 1. The highest BCUT2D eigenvalue weighted by atomic mass is 32.2. The molecular weight excluding hydrogens is 526 g/mol. The summed E-state index contributed by atoms with van der Waals surface area (Å²) in [4.78, 5) is 6.98. The molecule has 1 fully saturated rings. The zero-order valence-corrected chi connectivity index (χ0v) is 23.8. The number of anilines is 2. The van der Waals surface area contributed by atoms with Gasteiger partial charge in [-0.15, -0.1) is 11.3 Å². The minimum Gasteiger partial charge on any atom is -0.378 e. The molecule has 0 aliphatic carbocycles. The summed E-state index contributed by atoms with van der Waals surface area (Å²) in [6, 6.07) is 25.5. The summed E-state index contributed by atoms with van der Waals surface area (Å²) in [7, 11) is 0.499. The number of nitrogens with zero attached hydrogens (tertiary/aromatic N) is 4. The van der Waals surface area contributed by atoms with Gasteiger partial charge in [-0.25, -0.2) is 13.4 Å². The predicted octanol–water partition coefficient (Wildman–Crippen LogP) is 5.97. The van der Waals surface area contributed by atoms with Gasteiger partial charge in [0.05, 0.1) is 16.8 Å². The maximum Gasteiger partial charge on any atom is 0.243 e. The minimum atomic E-state index is -3.52. The molecule has 1 saturated heterocycles. The van der Waals surface area contributed by atoms with E-state index in [0.29, 0.717) is 29.0 Å². The molecule has 1 aliphatic rings. The third-order valence-electron chi connectivity index (χ3n) is 7.02. The van der Waals surface area contributed by atoms with Gasteiger partial charge in [-0.1, -0.05) is 54.6 Å². The molecule has 4 aromatic rings. The van der Waals surface area contributed by atoms with Crippen LogP contribution in [0.2, 0.25) is 0 Å². The number of nitrogens with one attached hydrogen (secondary N) is 1. The molecule has 1 aliphatic heterocycles. The second-order valence-electron chi connectivity index (χ2n) is 9.96. The van der Waals surface area contributed by atoms with Crippen molar-refractivity contribution < 1.29 is 8.42 Å². The Morgan fingerprint density at radius 1 is 1.00 bits per heavy atom. The summed E-state index contributed by atoms with van der Waals surface area (Å²) < 4.78 is 28.2. The molecule has 0 radical (unpaired) electrons. The number of rotatable bonds is 9. The Balaban J connectivity index is 1.16. The van der Waals surface area contributed by atoms with E-state index in [1.165, 1.54) is 16.9 Å². The van der Waals surface area contributed by atoms with Gasteiger partial charge in [-0.05, 0) is 60.6 Å². The van der Waals surface area contributed by atoms with Crippen molar-refractivity contribution >= 4 is 38.4 Å². The second kappa shape index (κ2) is 12.1. The van der Waals surface area contributed by atoms with Crippen molar-refractivity contribution in [3.8, 4) is 11.3 Å². The Morgan fingerprint density at radius 2 is 1.69 bits per heavy atom. The molecule has 202 valence electrons. The average Bonchev–Trinajstić information content (AvgIpc) is 3.43. The Morgan fingerprint density at radius 3 is 2.36 bits per heavy atom. The van der Waals surface area contributed by atoms with E-state index in [0.717, 1.165) is 41.8 Å². The van der Waals surface area contributed by atoms with E-state index >= 15 is 0 Å². The van der Waals surface area contributed by atoms with E-state index in [4.69, 9.17) is 0 Å². The standard InChI is InChI=1S/C30H33N5O2S2/c1-34(2)27-12-8-25(9-13-27)21-31-33-30-32-29(22-38-30)26-10-14-28(15-11-26)39(36,37)35-18-16-24(17-19-35)20-23-6-4-3-5-7-23/h3-15,21-22,24H,16-20H2,1-2H3,(H,32,33)/b31-21+. The van der Waals surface area contributed by atoms with Crippen LogP contribution >= 0.6 is 11.3 Å². The molecule has 0 spiro atoms. The van der Waals surface area contributed by atoms with Crippen molar-refractivity contribution in [2.45, 2.75) is 24.2 Å². The number of hydrogen-bond donors (Lipinski definition) is 1. The molecule has 2 heterocycles. The lowest BCUT2D eigenvalue weighted by molar-refractivity contribution is 0.273. The van der Waals surface area contributed by atoms with Crippen LogP contribution in [-0.2, 0) is 16.4 Å². The number of hydrogen-bond acceptors (Lipinski definition) is 7. The fourth-order valence-corrected chi connectivity index (χ4v) is 6.86. The predicted molar refractivity (Wildman–Crippen MR) is 161 cm³/mol. The first-order valence-corrected chi connectivity index (χ1v) is 15.4. The van der Waals surface area contributed by atoms with Gasteiger partial charge >= 0.3 is 0 Å². The van der Waals surface area contributed by atoms with Crippen molar-refractivity contribution in [1.29, 1.82) is 0 Å². The van der Waals surface area contributed by atoms with Crippen molar-refractivity contribution in [2.24, 2.45) is 11.0 Å². The average molecular weight is 560 g/mol. The molecule has 0 saturated carbocycles. The number of sulfonamides is 1. The first-order chi connectivity index (χ1) is 18.9. The molecule has 3 aromatic carbocycles. The van der Waals surface area contributed by atoms with E-state index in [-0.39, 0.29) is 0 Å². The van der Waals surface area contributed by atoms with Crippen LogP contribution in [0.5, 0.6) is 0 Å². The van der Waals surface area contributed by atoms with E-state index in [2.05, 4.69) is 39.8 Å². The zero-order chi connectivity index (χ0) is 27.2. The molecule has 0 bridgehead atoms. The Hall–Kier alpha value is -3.53. The van der Waals surface area contributed by atoms with Crippen molar-refractivity contribution in [3.05, 3.63) is 95.4 Å². The summed E-state index contributed by atoms with van der Waals surface area (Å²) >= 11 is 1.45. The molecule has 9 heteroatoms. The first kappa shape index (κ1) is 27.1. The smallest absolute Gasteiger partial charge is 0.243 e. The summed E-state index contributed by atoms with van der Waals surface area (Å²) in [6.45, 7) is 1.12. The second-order valence-corrected chi connectivity index (χ2v) is 12.8. The normalized spacial score (nSPS) is 15.0. The molecule has 0 amide bonds. The first-order valence-electron chi connectivity index (χ1n) is 13.0. The number of piperidine rings is 1. The maximum atomic E-state index is 13.3. The molecule has 0 atom stereocenters. The molecular formula is C30H33N5O2S2. The van der Waals surface area contributed by atoms with Gasteiger partial charge in [-0.2, -0.15) is 9.41 Å². The summed E-state index contributed by atoms with van der Waals surface area (Å²) in [5.74, 6) is 0.515. The number of hydrazone groups is 1. The number of benzene rings is 3. The van der Waals surface area contributed by atoms with Crippen LogP contribution < -0.4 is 10.3 Å². The van der Waals surface area contributed by atoms with Crippen molar-refractivity contribution in [2.75, 3.05) is 37.5 Å². The monoisotopic (exact) mass is 559 g/mol. The van der Waals surface area contributed by atoms with Crippen LogP contribution in [0.15, 0.2) is 94.2 Å². The van der Waals surface area contributed by atoms with Crippen LogP contribution in [-0.4, -0.2) is 51.1 Å². The van der Waals surface area contributed by atoms with Crippen molar-refractivity contribution in [1.82, 2.24) is 9.29 Å². The minimum absolute atomic E-state index is 0.325. The highest BCUT2D eigenvalue weighted by molar-refractivity contribution is 7.89. The van der Waals surface area contributed by atoms with E-state index in [1.54, 1.807) is 22.7 Å². The molecule has 1 aromatic heterocycles. The van der Waals surface area contributed by atoms with Crippen LogP contribution in [0.3, 0.4) is 0 Å². The molecule has 39 heavy (non-hydrogen) atoms. The Kier molecular flexibility index (Phi) is 8.40. The molecule has 5 rings (SSSR count). The van der Waals surface area contributed by atoms with Gasteiger partial charge in [0.2, 0.25) is 15.2 Å². The Labute approximate surface area is 234 Å². The fourth-order valence-electron chi connectivity index (χ4n) is 4.73.